The van der Waals surface area contributed by atoms with E-state index in [4.69, 9.17) is 0 Å². The molecule has 1 N–H and O–H groups in total. The first-order valence-corrected chi connectivity index (χ1v) is 11.6. The van der Waals surface area contributed by atoms with Crippen LogP contribution in [0.2, 0.25) is 0 Å². The van der Waals surface area contributed by atoms with E-state index in [9.17, 15) is 4.39 Å². The number of aromatic nitrogens is 1. The first-order chi connectivity index (χ1) is 13.1. The van der Waals surface area contributed by atoms with Crippen molar-refractivity contribution in [2.24, 2.45) is 5.41 Å². The summed E-state index contributed by atoms with van der Waals surface area (Å²) < 4.78 is 13.1. The number of rotatable bonds is 4. The SMILES string of the molecule is CCC1(/C=C/c2ccc(F)cc2)CCP(c2[nH]c3ccccc3c2C)CC1. The van der Waals surface area contributed by atoms with Crippen LogP contribution in [-0.4, -0.2) is 17.3 Å². The van der Waals surface area contributed by atoms with Crippen molar-refractivity contribution >= 4 is 30.3 Å². The van der Waals surface area contributed by atoms with Crippen molar-refractivity contribution in [2.45, 2.75) is 33.1 Å². The van der Waals surface area contributed by atoms with Gasteiger partial charge in [0.2, 0.25) is 0 Å². The molecule has 3 heteroatoms. The van der Waals surface area contributed by atoms with E-state index in [-0.39, 0.29) is 19.2 Å². The average molecular weight is 379 g/mol. The van der Waals surface area contributed by atoms with Gasteiger partial charge in [0.25, 0.3) is 0 Å². The summed E-state index contributed by atoms with van der Waals surface area (Å²) in [5.74, 6) is -0.172. The highest BCUT2D eigenvalue weighted by molar-refractivity contribution is 7.65. The standard InChI is InChI=1S/C24H27FNP/c1-3-24(13-12-19-8-10-20(25)11-9-19)14-16-27(17-15-24)23-18(2)21-6-4-5-7-22(21)26-23/h4-13,26H,3,14-17H2,1-2H3/b13-12+. The normalized spacial score (nSPS) is 23.3. The van der Waals surface area contributed by atoms with Crippen molar-refractivity contribution in [1.82, 2.24) is 4.98 Å². The fourth-order valence-corrected chi connectivity index (χ4v) is 7.22. The molecule has 0 radical (unpaired) electrons. The van der Waals surface area contributed by atoms with Crippen LogP contribution in [0.15, 0.2) is 54.6 Å². The number of aryl methyl sites for hydroxylation is 1. The van der Waals surface area contributed by atoms with Gasteiger partial charge in [0, 0.05) is 16.3 Å². The lowest BCUT2D eigenvalue weighted by atomic mass is 9.79. The van der Waals surface area contributed by atoms with Crippen molar-refractivity contribution in [3.8, 4) is 0 Å². The van der Waals surface area contributed by atoms with Crippen molar-refractivity contribution < 1.29 is 4.39 Å². The van der Waals surface area contributed by atoms with Crippen LogP contribution < -0.4 is 5.44 Å². The smallest absolute Gasteiger partial charge is 0.123 e. The minimum absolute atomic E-state index is 0.107. The molecule has 3 aromatic rings. The van der Waals surface area contributed by atoms with Gasteiger partial charge < -0.3 is 4.98 Å². The molecular formula is C24H27FNP. The fraction of sp³-hybridized carbons (Fsp3) is 0.333. The first kappa shape index (κ1) is 18.4. The van der Waals surface area contributed by atoms with E-state index >= 15 is 0 Å². The lowest BCUT2D eigenvalue weighted by Gasteiger charge is -2.38. The minimum Gasteiger partial charge on any atom is -0.355 e. The van der Waals surface area contributed by atoms with Gasteiger partial charge in [-0.25, -0.2) is 4.39 Å². The number of hydrogen-bond acceptors (Lipinski definition) is 0. The largest absolute Gasteiger partial charge is 0.355 e. The number of para-hydroxylation sites is 1. The summed E-state index contributed by atoms with van der Waals surface area (Å²) >= 11 is 0. The maximum Gasteiger partial charge on any atom is 0.123 e. The van der Waals surface area contributed by atoms with Crippen LogP contribution in [-0.2, 0) is 0 Å². The Morgan fingerprint density at radius 1 is 1.07 bits per heavy atom. The van der Waals surface area contributed by atoms with Gasteiger partial charge in [0.1, 0.15) is 5.82 Å². The number of H-pyrrole nitrogens is 1. The second-order valence-corrected chi connectivity index (χ2v) is 10.2. The molecule has 0 unspecified atom stereocenters. The predicted molar refractivity (Wildman–Crippen MR) is 117 cm³/mol. The quantitative estimate of drug-likeness (QED) is 0.490. The molecule has 0 aliphatic carbocycles. The van der Waals surface area contributed by atoms with Crippen molar-refractivity contribution in [3.63, 3.8) is 0 Å². The van der Waals surface area contributed by atoms with Crippen LogP contribution in [0.3, 0.4) is 0 Å². The lowest BCUT2D eigenvalue weighted by Crippen LogP contribution is -2.27. The molecule has 1 saturated heterocycles. The molecule has 2 heterocycles. The molecule has 1 aliphatic rings. The molecule has 0 amide bonds. The molecule has 0 spiro atoms. The van der Waals surface area contributed by atoms with Crippen LogP contribution in [0, 0.1) is 18.2 Å². The molecule has 1 nitrogen and oxygen atoms in total. The van der Waals surface area contributed by atoms with Crippen LogP contribution in [0.25, 0.3) is 17.0 Å². The van der Waals surface area contributed by atoms with Crippen molar-refractivity contribution in [3.05, 3.63) is 71.6 Å². The van der Waals surface area contributed by atoms with E-state index in [0.29, 0.717) is 0 Å². The molecule has 0 bridgehead atoms. The Kier molecular flexibility index (Phi) is 5.19. The molecular weight excluding hydrogens is 352 g/mol. The maximum absolute atomic E-state index is 13.1. The zero-order chi connectivity index (χ0) is 18.9. The van der Waals surface area contributed by atoms with Crippen LogP contribution in [0.4, 0.5) is 4.39 Å². The number of aromatic amines is 1. The Balaban J connectivity index is 1.50. The lowest BCUT2D eigenvalue weighted by molar-refractivity contribution is 0.337. The van der Waals surface area contributed by atoms with Crippen molar-refractivity contribution in [1.29, 1.82) is 0 Å². The highest BCUT2D eigenvalue weighted by Crippen LogP contribution is 2.50. The molecule has 140 valence electrons. The monoisotopic (exact) mass is 379 g/mol. The molecule has 27 heavy (non-hydrogen) atoms. The molecule has 2 aromatic carbocycles. The van der Waals surface area contributed by atoms with Gasteiger partial charge in [-0.05, 0) is 73.3 Å². The number of halogens is 1. The summed E-state index contributed by atoms with van der Waals surface area (Å²) in [6.45, 7) is 4.57. The third-order valence-electron chi connectivity index (χ3n) is 6.22. The molecule has 1 fully saturated rings. The summed E-state index contributed by atoms with van der Waals surface area (Å²) in [5, 5.41) is 1.37. The number of fused-ring (bicyclic) bond motifs is 1. The average Bonchev–Trinajstić information content (AvgIpc) is 3.05. The summed E-state index contributed by atoms with van der Waals surface area (Å²) in [4.78, 5) is 3.72. The fourth-order valence-electron chi connectivity index (χ4n) is 4.24. The van der Waals surface area contributed by atoms with E-state index in [1.54, 1.807) is 0 Å². The van der Waals surface area contributed by atoms with Crippen LogP contribution >= 0.6 is 7.92 Å². The number of hydrogen-bond donors (Lipinski definition) is 1. The molecule has 0 atom stereocenters. The number of allylic oxidation sites excluding steroid dienone is 1. The Morgan fingerprint density at radius 3 is 2.44 bits per heavy atom. The van der Waals surface area contributed by atoms with E-state index in [1.807, 2.05) is 12.1 Å². The Hall–Kier alpha value is -1.92. The topological polar surface area (TPSA) is 15.8 Å². The summed E-state index contributed by atoms with van der Waals surface area (Å²) in [6, 6.07) is 15.5. The molecule has 4 rings (SSSR count). The van der Waals surface area contributed by atoms with Gasteiger partial charge in [0.15, 0.2) is 0 Å². The van der Waals surface area contributed by atoms with Gasteiger partial charge in [-0.3, -0.25) is 0 Å². The number of benzene rings is 2. The van der Waals surface area contributed by atoms with E-state index in [1.165, 1.54) is 65.6 Å². The van der Waals surface area contributed by atoms with Gasteiger partial charge in [-0.15, -0.1) is 0 Å². The second kappa shape index (κ2) is 7.60. The van der Waals surface area contributed by atoms with Crippen molar-refractivity contribution in [2.75, 3.05) is 12.3 Å². The highest BCUT2D eigenvalue weighted by Gasteiger charge is 2.33. The van der Waals surface area contributed by atoms with Gasteiger partial charge in [-0.2, -0.15) is 0 Å². The summed E-state index contributed by atoms with van der Waals surface area (Å²) in [5.41, 5.74) is 5.59. The van der Waals surface area contributed by atoms with Gasteiger partial charge in [0.05, 0.1) is 0 Å². The molecule has 0 saturated carbocycles. The maximum atomic E-state index is 13.1. The van der Waals surface area contributed by atoms with Crippen LogP contribution in [0.1, 0.15) is 37.3 Å². The zero-order valence-corrected chi connectivity index (χ0v) is 17.0. The summed E-state index contributed by atoms with van der Waals surface area (Å²) in [6.07, 6.45) is 10.8. The third-order valence-corrected chi connectivity index (χ3v) is 8.82. The Labute approximate surface area is 162 Å². The molecule has 1 aliphatic heterocycles. The Bertz CT molecular complexity index is 946. The highest BCUT2D eigenvalue weighted by atomic mass is 31.1. The minimum atomic E-state index is -0.172. The van der Waals surface area contributed by atoms with E-state index in [0.717, 1.165) is 5.56 Å². The van der Waals surface area contributed by atoms with Gasteiger partial charge in [-0.1, -0.05) is 57.3 Å². The van der Waals surface area contributed by atoms with E-state index < -0.39 is 0 Å². The van der Waals surface area contributed by atoms with Gasteiger partial charge >= 0.3 is 0 Å². The van der Waals surface area contributed by atoms with Crippen LogP contribution in [0.5, 0.6) is 0 Å². The third kappa shape index (κ3) is 3.73. The predicted octanol–water partition coefficient (Wildman–Crippen LogP) is 6.63. The molecule has 1 aromatic heterocycles. The second-order valence-electron chi connectivity index (χ2n) is 7.73. The Morgan fingerprint density at radius 2 is 1.78 bits per heavy atom. The number of nitrogens with one attached hydrogen (secondary N) is 1. The summed E-state index contributed by atoms with van der Waals surface area (Å²) in [7, 11) is -0.107. The van der Waals surface area contributed by atoms with E-state index in [2.05, 4.69) is 55.2 Å². The zero-order valence-electron chi connectivity index (χ0n) is 16.1. The first-order valence-electron chi connectivity index (χ1n) is 9.87.